The molecule has 0 saturated heterocycles. The van der Waals surface area contributed by atoms with E-state index in [0.717, 1.165) is 0 Å². The van der Waals surface area contributed by atoms with Gasteiger partial charge in [0, 0.05) is 0 Å². The maximum Gasteiger partial charge on any atom is 1.00 e. The smallest absolute Gasteiger partial charge is 1.00 e. The third-order valence-corrected chi connectivity index (χ3v) is 0. The van der Waals surface area contributed by atoms with E-state index < -0.39 is 6.16 Å². The SMILES string of the molecule is CC(C)=O.O=C(O)O.[H-].[Li+]. The number of hydrogen-bond donors (Lipinski definition) is 2. The van der Waals surface area contributed by atoms with Crippen LogP contribution in [0.4, 0.5) is 4.79 Å². The monoisotopic (exact) mass is 128 g/mol. The van der Waals surface area contributed by atoms with Gasteiger partial charge in [-0.2, -0.15) is 0 Å². The van der Waals surface area contributed by atoms with E-state index in [0.29, 0.717) is 0 Å². The van der Waals surface area contributed by atoms with Gasteiger partial charge in [-0.3, -0.25) is 0 Å². The minimum Gasteiger partial charge on any atom is -1.00 e. The molecule has 0 aliphatic carbocycles. The van der Waals surface area contributed by atoms with Crippen molar-refractivity contribution in [2.24, 2.45) is 0 Å². The van der Waals surface area contributed by atoms with E-state index in [-0.39, 0.29) is 26.1 Å². The van der Waals surface area contributed by atoms with Crippen LogP contribution in [-0.4, -0.2) is 22.2 Å². The van der Waals surface area contributed by atoms with E-state index in [9.17, 15) is 4.79 Å². The van der Waals surface area contributed by atoms with Gasteiger partial charge in [0.15, 0.2) is 0 Å². The van der Waals surface area contributed by atoms with Crippen LogP contribution in [0.2, 0.25) is 0 Å². The maximum absolute atomic E-state index is 9.44. The second-order valence-corrected chi connectivity index (χ2v) is 1.19. The summed E-state index contributed by atoms with van der Waals surface area (Å²) in [5.41, 5.74) is 0. The van der Waals surface area contributed by atoms with Crippen LogP contribution in [0.1, 0.15) is 15.3 Å². The molecule has 2 N–H and O–H groups in total. The quantitative estimate of drug-likeness (QED) is 0.367. The molecule has 4 nitrogen and oxygen atoms in total. The number of hydrogen-bond acceptors (Lipinski definition) is 2. The van der Waals surface area contributed by atoms with Crippen molar-refractivity contribution in [2.45, 2.75) is 13.8 Å². The van der Waals surface area contributed by atoms with Gasteiger partial charge in [-0.1, -0.05) is 0 Å². The van der Waals surface area contributed by atoms with E-state index in [2.05, 4.69) is 0 Å². The van der Waals surface area contributed by atoms with Gasteiger partial charge in [0.05, 0.1) is 0 Å². The fraction of sp³-hybridized carbons (Fsp3) is 0.500. The Morgan fingerprint density at radius 1 is 1.22 bits per heavy atom. The number of ketones is 1. The molecule has 0 heterocycles. The fourth-order valence-electron chi connectivity index (χ4n) is 0. The standard InChI is InChI=1S/C3H6O.CH2O3.Li.H/c1-3(2)4;2-1(3)4;;/h1-2H3;(H2,2,3,4);;/q;;+1;-1. The van der Waals surface area contributed by atoms with E-state index in [1.54, 1.807) is 0 Å². The van der Waals surface area contributed by atoms with Gasteiger partial charge >= 0.3 is 25.0 Å². The molecule has 0 fully saturated rings. The zero-order valence-corrected chi connectivity index (χ0v) is 5.71. The van der Waals surface area contributed by atoms with Crippen molar-refractivity contribution < 1.29 is 40.1 Å². The second-order valence-electron chi connectivity index (χ2n) is 1.19. The summed E-state index contributed by atoms with van der Waals surface area (Å²) in [5.74, 6) is 0.167. The largest absolute Gasteiger partial charge is 1.00 e. The summed E-state index contributed by atoms with van der Waals surface area (Å²) in [5, 5.41) is 13.9. The summed E-state index contributed by atoms with van der Waals surface area (Å²) in [6, 6.07) is 0. The van der Waals surface area contributed by atoms with Gasteiger partial charge in [-0.05, 0) is 13.8 Å². The first-order valence-electron chi connectivity index (χ1n) is 1.86. The summed E-state index contributed by atoms with van der Waals surface area (Å²) in [6.07, 6.45) is -1.83. The Morgan fingerprint density at radius 2 is 1.22 bits per heavy atom. The average Bonchev–Trinajstić information content (AvgIpc) is 1.25. The van der Waals surface area contributed by atoms with Gasteiger partial charge in [-0.15, -0.1) is 0 Å². The average molecular weight is 128 g/mol. The van der Waals surface area contributed by atoms with Crippen LogP contribution in [0.3, 0.4) is 0 Å². The second kappa shape index (κ2) is 10.5. The fourth-order valence-corrected chi connectivity index (χ4v) is 0. The molecule has 0 aromatic carbocycles. The first kappa shape index (κ1) is 15.8. The number of carboxylic acid groups (broad SMARTS) is 2. The molecule has 5 heteroatoms. The van der Waals surface area contributed by atoms with Gasteiger partial charge in [0.25, 0.3) is 0 Å². The number of Topliss-reactive ketones (excluding diaryl/α,β-unsaturated/α-hetero) is 1. The van der Waals surface area contributed by atoms with Crippen LogP contribution in [-0.2, 0) is 4.79 Å². The zero-order valence-electron chi connectivity index (χ0n) is 6.71. The third-order valence-electron chi connectivity index (χ3n) is 0. The van der Waals surface area contributed by atoms with Gasteiger partial charge in [0.2, 0.25) is 0 Å². The van der Waals surface area contributed by atoms with Crippen LogP contribution in [0.25, 0.3) is 0 Å². The molecular weight excluding hydrogens is 119 g/mol. The Kier molecular flexibility index (Phi) is 18.5. The van der Waals surface area contributed by atoms with Crippen molar-refractivity contribution in [3.63, 3.8) is 0 Å². The summed E-state index contributed by atoms with van der Waals surface area (Å²) in [6.45, 7) is 3.06. The first-order valence-corrected chi connectivity index (χ1v) is 1.86. The van der Waals surface area contributed by atoms with Crippen LogP contribution in [0.15, 0.2) is 0 Å². The maximum atomic E-state index is 9.44. The Balaban J connectivity index is -0.0000000300. The number of carbonyl (C=O) groups is 2. The van der Waals surface area contributed by atoms with Crippen LogP contribution < -0.4 is 18.9 Å². The third kappa shape index (κ3) is 1080. The molecule has 0 saturated carbocycles. The molecule has 0 radical (unpaired) electrons. The molecule has 0 aromatic rings. The minimum atomic E-state index is -1.83. The Morgan fingerprint density at radius 3 is 1.22 bits per heavy atom. The number of rotatable bonds is 0. The van der Waals surface area contributed by atoms with Crippen molar-refractivity contribution in [1.29, 1.82) is 0 Å². The molecule has 0 spiro atoms. The summed E-state index contributed by atoms with van der Waals surface area (Å²) in [4.78, 5) is 18.0. The van der Waals surface area contributed by atoms with Crippen LogP contribution in [0.5, 0.6) is 0 Å². The molecule has 0 aromatic heterocycles. The molecule has 0 unspecified atom stereocenters. The van der Waals surface area contributed by atoms with Crippen molar-refractivity contribution >= 4 is 11.9 Å². The molecule has 0 atom stereocenters. The first-order chi connectivity index (χ1) is 3.46. The Hall–Kier alpha value is -0.463. The van der Waals surface area contributed by atoms with E-state index in [1.807, 2.05) is 0 Å². The van der Waals surface area contributed by atoms with Gasteiger partial charge in [0.1, 0.15) is 5.78 Å². The normalized spacial score (nSPS) is 5.56. The van der Waals surface area contributed by atoms with Crippen molar-refractivity contribution in [3.05, 3.63) is 0 Å². The molecule has 9 heavy (non-hydrogen) atoms. The summed E-state index contributed by atoms with van der Waals surface area (Å²) >= 11 is 0. The molecule has 0 aliphatic heterocycles. The van der Waals surface area contributed by atoms with Crippen molar-refractivity contribution in [2.75, 3.05) is 0 Å². The summed E-state index contributed by atoms with van der Waals surface area (Å²) < 4.78 is 0. The Labute approximate surface area is 66.5 Å². The molecule has 0 bridgehead atoms. The zero-order chi connectivity index (χ0) is 7.15. The molecule has 0 amide bonds. The minimum absolute atomic E-state index is 0. The van der Waals surface area contributed by atoms with Crippen LogP contribution >= 0.6 is 0 Å². The summed E-state index contributed by atoms with van der Waals surface area (Å²) in [7, 11) is 0. The Bertz CT molecular complexity index is 75.3. The van der Waals surface area contributed by atoms with Gasteiger partial charge < -0.3 is 16.4 Å². The molecule has 0 aliphatic rings. The van der Waals surface area contributed by atoms with Crippen LogP contribution in [0, 0.1) is 0 Å². The number of carbonyl (C=O) groups excluding carboxylic acids is 1. The predicted octanol–water partition coefficient (Wildman–Crippen LogP) is -2.07. The molecule has 0 rings (SSSR count). The van der Waals surface area contributed by atoms with E-state index in [4.69, 9.17) is 15.0 Å². The molecule has 50 valence electrons. The topological polar surface area (TPSA) is 74.6 Å². The predicted molar refractivity (Wildman–Crippen MR) is 28.1 cm³/mol. The van der Waals surface area contributed by atoms with E-state index >= 15 is 0 Å². The van der Waals surface area contributed by atoms with Crippen molar-refractivity contribution in [1.82, 2.24) is 0 Å². The van der Waals surface area contributed by atoms with E-state index in [1.165, 1.54) is 13.8 Å². The van der Waals surface area contributed by atoms with Gasteiger partial charge in [-0.25, -0.2) is 4.79 Å². The molecular formula is C4H9LiO4. The van der Waals surface area contributed by atoms with Crippen molar-refractivity contribution in [3.8, 4) is 0 Å².